The largest absolute Gasteiger partial charge is 0.326 e. The van der Waals surface area contributed by atoms with Gasteiger partial charge in [0, 0.05) is 19.1 Å². The minimum Gasteiger partial charge on any atom is -0.326 e. The maximum absolute atomic E-state index is 11.8. The molecule has 1 rings (SSSR count). The van der Waals surface area contributed by atoms with Gasteiger partial charge in [0.2, 0.25) is 0 Å². The zero-order valence-electron chi connectivity index (χ0n) is 9.86. The van der Waals surface area contributed by atoms with Gasteiger partial charge in [0.15, 0.2) is 9.84 Å². The average Bonchev–Trinajstić information content (AvgIpc) is 2.46. The molecule has 4 nitrogen and oxygen atoms in total. The van der Waals surface area contributed by atoms with E-state index in [-0.39, 0.29) is 11.8 Å². The molecule has 15 heavy (non-hydrogen) atoms. The molecule has 0 aromatic heterocycles. The molecular weight excluding hydrogens is 212 g/mol. The third-order valence-electron chi connectivity index (χ3n) is 2.92. The molecule has 0 bridgehead atoms. The van der Waals surface area contributed by atoms with Gasteiger partial charge in [-0.05, 0) is 33.7 Å². The summed E-state index contributed by atoms with van der Waals surface area (Å²) in [4.78, 5) is 2.13. The molecule has 0 unspecified atom stereocenters. The van der Waals surface area contributed by atoms with E-state index in [2.05, 4.69) is 4.90 Å². The first-order valence-corrected chi connectivity index (χ1v) is 7.08. The molecule has 1 aliphatic rings. The van der Waals surface area contributed by atoms with Crippen LogP contribution < -0.4 is 5.73 Å². The molecule has 0 aliphatic carbocycles. The lowest BCUT2D eigenvalue weighted by atomic mass is 10.3. The van der Waals surface area contributed by atoms with E-state index in [4.69, 9.17) is 5.73 Å². The van der Waals surface area contributed by atoms with E-state index in [0.29, 0.717) is 6.54 Å². The summed E-state index contributed by atoms with van der Waals surface area (Å²) < 4.78 is 23.0. The van der Waals surface area contributed by atoms with Crippen LogP contribution in [0.1, 0.15) is 27.2 Å². The SMILES string of the molecule is CC(C)(C)S(=O)(=O)CCN1CC[C@H](N)C1. The van der Waals surface area contributed by atoms with Crippen LogP contribution in [0.25, 0.3) is 0 Å². The van der Waals surface area contributed by atoms with Gasteiger partial charge in [-0.2, -0.15) is 0 Å². The lowest BCUT2D eigenvalue weighted by Gasteiger charge is -2.21. The molecule has 0 spiro atoms. The summed E-state index contributed by atoms with van der Waals surface area (Å²) in [6.07, 6.45) is 0.982. The average molecular weight is 234 g/mol. The molecule has 0 saturated carbocycles. The molecule has 2 N–H and O–H groups in total. The number of sulfone groups is 1. The second-order valence-corrected chi connectivity index (χ2v) is 8.14. The summed E-state index contributed by atoms with van der Waals surface area (Å²) in [6.45, 7) is 7.63. The van der Waals surface area contributed by atoms with Crippen LogP contribution in [0.2, 0.25) is 0 Å². The zero-order chi connectivity index (χ0) is 11.7. The van der Waals surface area contributed by atoms with Gasteiger partial charge in [-0.15, -0.1) is 0 Å². The summed E-state index contributed by atoms with van der Waals surface area (Å²) in [7, 11) is -2.99. The minimum atomic E-state index is -2.99. The van der Waals surface area contributed by atoms with Crippen LogP contribution in [-0.4, -0.2) is 49.5 Å². The van der Waals surface area contributed by atoms with Crippen molar-refractivity contribution in [1.29, 1.82) is 0 Å². The summed E-state index contributed by atoms with van der Waals surface area (Å²) in [5.41, 5.74) is 5.76. The fourth-order valence-electron chi connectivity index (χ4n) is 1.62. The Bertz CT molecular complexity index is 306. The van der Waals surface area contributed by atoms with E-state index in [9.17, 15) is 8.42 Å². The predicted octanol–water partition coefficient (Wildman–Crippen LogP) is 0.233. The van der Waals surface area contributed by atoms with Crippen LogP contribution in [-0.2, 0) is 9.84 Å². The molecule has 0 radical (unpaired) electrons. The standard InChI is InChI=1S/C10H22N2O2S/c1-10(2,3)15(13,14)7-6-12-5-4-9(11)8-12/h9H,4-8,11H2,1-3H3/t9-/m0/s1. The van der Waals surface area contributed by atoms with Gasteiger partial charge in [-0.25, -0.2) is 8.42 Å². The fourth-order valence-corrected chi connectivity index (χ4v) is 2.73. The number of nitrogens with two attached hydrogens (primary N) is 1. The van der Waals surface area contributed by atoms with E-state index < -0.39 is 14.6 Å². The van der Waals surface area contributed by atoms with Crippen LogP contribution >= 0.6 is 0 Å². The number of hydrogen-bond donors (Lipinski definition) is 1. The van der Waals surface area contributed by atoms with Gasteiger partial charge < -0.3 is 10.6 Å². The van der Waals surface area contributed by atoms with Crippen LogP contribution in [0.4, 0.5) is 0 Å². The Morgan fingerprint density at radius 3 is 2.40 bits per heavy atom. The molecular formula is C10H22N2O2S. The van der Waals surface area contributed by atoms with Crippen LogP contribution in [0, 0.1) is 0 Å². The molecule has 1 atom stereocenters. The topological polar surface area (TPSA) is 63.4 Å². The number of hydrogen-bond acceptors (Lipinski definition) is 4. The quantitative estimate of drug-likeness (QED) is 0.759. The van der Waals surface area contributed by atoms with Crippen molar-refractivity contribution in [1.82, 2.24) is 4.90 Å². The normalized spacial score (nSPS) is 24.7. The van der Waals surface area contributed by atoms with Crippen LogP contribution in [0.5, 0.6) is 0 Å². The lowest BCUT2D eigenvalue weighted by molar-refractivity contribution is 0.353. The second-order valence-electron chi connectivity index (χ2n) is 5.28. The third-order valence-corrected chi connectivity index (χ3v) is 5.50. The van der Waals surface area contributed by atoms with E-state index in [1.54, 1.807) is 20.8 Å². The first-order valence-electron chi connectivity index (χ1n) is 5.42. The highest BCUT2D eigenvalue weighted by Crippen LogP contribution is 2.16. The molecule has 90 valence electrons. The van der Waals surface area contributed by atoms with Crippen molar-refractivity contribution in [2.45, 2.75) is 38.0 Å². The Morgan fingerprint density at radius 1 is 1.40 bits per heavy atom. The maximum atomic E-state index is 11.8. The highest BCUT2D eigenvalue weighted by Gasteiger charge is 2.30. The molecule has 1 heterocycles. The highest BCUT2D eigenvalue weighted by molar-refractivity contribution is 7.92. The Hall–Kier alpha value is -0.130. The van der Waals surface area contributed by atoms with Gasteiger partial charge in [0.1, 0.15) is 0 Å². The molecule has 5 heteroatoms. The van der Waals surface area contributed by atoms with Crippen molar-refractivity contribution in [3.8, 4) is 0 Å². The van der Waals surface area contributed by atoms with E-state index in [1.165, 1.54) is 0 Å². The molecule has 0 amide bonds. The van der Waals surface area contributed by atoms with E-state index in [1.807, 2.05) is 0 Å². The minimum absolute atomic E-state index is 0.224. The number of nitrogens with zero attached hydrogens (tertiary/aromatic N) is 1. The summed E-state index contributed by atoms with van der Waals surface area (Å²) in [5, 5.41) is 0. The summed E-state index contributed by atoms with van der Waals surface area (Å²) >= 11 is 0. The smallest absolute Gasteiger partial charge is 0.156 e. The molecule has 0 aromatic carbocycles. The lowest BCUT2D eigenvalue weighted by Crippen LogP contribution is -2.36. The Balaban J connectivity index is 2.44. The first kappa shape index (κ1) is 12.9. The Kier molecular flexibility index (Phi) is 3.79. The van der Waals surface area contributed by atoms with E-state index in [0.717, 1.165) is 19.5 Å². The number of rotatable bonds is 3. The summed E-state index contributed by atoms with van der Waals surface area (Å²) in [6, 6.07) is 0.224. The maximum Gasteiger partial charge on any atom is 0.156 e. The van der Waals surface area contributed by atoms with Crippen molar-refractivity contribution >= 4 is 9.84 Å². The van der Waals surface area contributed by atoms with Gasteiger partial charge in [-0.1, -0.05) is 0 Å². The highest BCUT2D eigenvalue weighted by atomic mass is 32.2. The van der Waals surface area contributed by atoms with Gasteiger partial charge in [0.05, 0.1) is 10.5 Å². The van der Waals surface area contributed by atoms with Crippen LogP contribution in [0.3, 0.4) is 0 Å². The first-order chi connectivity index (χ1) is 6.72. The third kappa shape index (κ3) is 3.43. The molecule has 1 saturated heterocycles. The van der Waals surface area contributed by atoms with Gasteiger partial charge in [-0.3, -0.25) is 0 Å². The van der Waals surface area contributed by atoms with Crippen molar-refractivity contribution in [2.75, 3.05) is 25.4 Å². The van der Waals surface area contributed by atoms with E-state index >= 15 is 0 Å². The van der Waals surface area contributed by atoms with Crippen LogP contribution in [0.15, 0.2) is 0 Å². The summed E-state index contributed by atoms with van der Waals surface area (Å²) in [5.74, 6) is 0.239. The van der Waals surface area contributed by atoms with Crippen molar-refractivity contribution in [3.63, 3.8) is 0 Å². The molecule has 1 fully saturated rings. The van der Waals surface area contributed by atoms with Gasteiger partial charge >= 0.3 is 0 Å². The number of likely N-dealkylation sites (tertiary alicyclic amines) is 1. The van der Waals surface area contributed by atoms with Crippen molar-refractivity contribution in [2.24, 2.45) is 5.73 Å². The molecule has 0 aromatic rings. The zero-order valence-corrected chi connectivity index (χ0v) is 10.7. The van der Waals surface area contributed by atoms with Gasteiger partial charge in [0.25, 0.3) is 0 Å². The van der Waals surface area contributed by atoms with Crippen molar-refractivity contribution < 1.29 is 8.42 Å². The molecule has 1 aliphatic heterocycles. The predicted molar refractivity (Wildman–Crippen MR) is 62.6 cm³/mol. The monoisotopic (exact) mass is 234 g/mol. The Labute approximate surface area is 92.7 Å². The second kappa shape index (κ2) is 4.39. The Morgan fingerprint density at radius 2 is 2.00 bits per heavy atom. The van der Waals surface area contributed by atoms with Crippen molar-refractivity contribution in [3.05, 3.63) is 0 Å². The fraction of sp³-hybridized carbons (Fsp3) is 1.00.